The highest BCUT2D eigenvalue weighted by atomic mass is 35.5. The standard InChI is InChI=1S/C10H11ClFNO/c11-8-7(14)2-1-6(9(8)12)5-10(13)3-4-10/h1-2,14H,3-5,13H2. The minimum atomic E-state index is -0.552. The van der Waals surface area contributed by atoms with Gasteiger partial charge in [-0.3, -0.25) is 0 Å². The lowest BCUT2D eigenvalue weighted by atomic mass is 10.0. The average molecular weight is 216 g/mol. The van der Waals surface area contributed by atoms with E-state index < -0.39 is 5.82 Å². The van der Waals surface area contributed by atoms with E-state index in [4.69, 9.17) is 22.4 Å². The van der Waals surface area contributed by atoms with Gasteiger partial charge in [0.15, 0.2) is 0 Å². The monoisotopic (exact) mass is 215 g/mol. The second kappa shape index (κ2) is 3.11. The predicted octanol–water partition coefficient (Wildman–Crippen LogP) is 2.22. The summed E-state index contributed by atoms with van der Waals surface area (Å²) in [6.45, 7) is 0. The van der Waals surface area contributed by atoms with E-state index in [2.05, 4.69) is 0 Å². The number of halogens is 2. The summed E-state index contributed by atoms with van der Waals surface area (Å²) in [7, 11) is 0. The van der Waals surface area contributed by atoms with Gasteiger partial charge in [0.1, 0.15) is 16.6 Å². The maximum atomic E-state index is 13.5. The summed E-state index contributed by atoms with van der Waals surface area (Å²) < 4.78 is 13.5. The van der Waals surface area contributed by atoms with Gasteiger partial charge in [-0.1, -0.05) is 17.7 Å². The first-order valence-corrected chi connectivity index (χ1v) is 4.84. The summed E-state index contributed by atoms with van der Waals surface area (Å²) in [6.07, 6.45) is 2.33. The van der Waals surface area contributed by atoms with Gasteiger partial charge in [0, 0.05) is 5.54 Å². The highest BCUT2D eigenvalue weighted by molar-refractivity contribution is 6.32. The van der Waals surface area contributed by atoms with E-state index in [1.54, 1.807) is 0 Å². The van der Waals surface area contributed by atoms with Crippen molar-refractivity contribution in [1.82, 2.24) is 0 Å². The Morgan fingerprint density at radius 3 is 2.71 bits per heavy atom. The lowest BCUT2D eigenvalue weighted by Gasteiger charge is -2.10. The van der Waals surface area contributed by atoms with Gasteiger partial charge in [0.25, 0.3) is 0 Å². The zero-order chi connectivity index (χ0) is 10.3. The van der Waals surface area contributed by atoms with Gasteiger partial charge in [0.2, 0.25) is 0 Å². The molecule has 76 valence electrons. The summed E-state index contributed by atoms with van der Waals surface area (Å²) in [5, 5.41) is 8.92. The van der Waals surface area contributed by atoms with Crippen LogP contribution in [0.2, 0.25) is 5.02 Å². The molecule has 1 saturated carbocycles. The fraction of sp³-hybridized carbons (Fsp3) is 0.400. The van der Waals surface area contributed by atoms with Gasteiger partial charge < -0.3 is 10.8 Å². The minimum absolute atomic E-state index is 0.216. The molecule has 1 fully saturated rings. The maximum Gasteiger partial charge on any atom is 0.148 e. The van der Waals surface area contributed by atoms with E-state index in [1.165, 1.54) is 12.1 Å². The number of phenols is 1. The van der Waals surface area contributed by atoms with Crippen LogP contribution in [0.15, 0.2) is 12.1 Å². The van der Waals surface area contributed by atoms with Crippen LogP contribution in [0.3, 0.4) is 0 Å². The van der Waals surface area contributed by atoms with Gasteiger partial charge >= 0.3 is 0 Å². The van der Waals surface area contributed by atoms with Gasteiger partial charge in [-0.05, 0) is 30.9 Å². The molecule has 0 amide bonds. The van der Waals surface area contributed by atoms with Gasteiger partial charge in [-0.2, -0.15) is 0 Å². The fourth-order valence-corrected chi connectivity index (χ4v) is 1.62. The molecule has 0 bridgehead atoms. The predicted molar refractivity (Wildman–Crippen MR) is 52.9 cm³/mol. The van der Waals surface area contributed by atoms with Crippen molar-refractivity contribution in [2.75, 3.05) is 0 Å². The Bertz CT molecular complexity index is 377. The van der Waals surface area contributed by atoms with E-state index >= 15 is 0 Å². The van der Waals surface area contributed by atoms with Crippen LogP contribution in [0.4, 0.5) is 4.39 Å². The minimum Gasteiger partial charge on any atom is -0.506 e. The number of rotatable bonds is 2. The first-order chi connectivity index (χ1) is 6.52. The van der Waals surface area contributed by atoms with Crippen LogP contribution in [0.1, 0.15) is 18.4 Å². The summed E-state index contributed by atoms with van der Waals surface area (Å²) in [6, 6.07) is 2.93. The molecular weight excluding hydrogens is 205 g/mol. The molecule has 0 atom stereocenters. The van der Waals surface area contributed by atoms with E-state index in [-0.39, 0.29) is 16.3 Å². The van der Waals surface area contributed by atoms with Crippen LogP contribution >= 0.6 is 11.6 Å². The fourth-order valence-electron chi connectivity index (χ4n) is 1.43. The highest BCUT2D eigenvalue weighted by Gasteiger charge is 2.38. The van der Waals surface area contributed by atoms with Crippen molar-refractivity contribution in [2.24, 2.45) is 5.73 Å². The van der Waals surface area contributed by atoms with Crippen LogP contribution in [0, 0.1) is 5.82 Å². The van der Waals surface area contributed by atoms with Crippen LogP contribution < -0.4 is 5.73 Å². The Morgan fingerprint density at radius 1 is 1.50 bits per heavy atom. The third-order valence-electron chi connectivity index (χ3n) is 2.58. The number of nitrogens with two attached hydrogens (primary N) is 1. The molecule has 0 saturated heterocycles. The molecule has 0 aromatic heterocycles. The molecule has 14 heavy (non-hydrogen) atoms. The summed E-state index contributed by atoms with van der Waals surface area (Å²) in [5.74, 6) is -0.779. The molecule has 4 heteroatoms. The van der Waals surface area contributed by atoms with E-state index in [0.29, 0.717) is 12.0 Å². The van der Waals surface area contributed by atoms with Crippen LogP contribution in [-0.2, 0) is 6.42 Å². The van der Waals surface area contributed by atoms with Crippen molar-refractivity contribution in [3.63, 3.8) is 0 Å². The van der Waals surface area contributed by atoms with Gasteiger partial charge in [-0.25, -0.2) is 4.39 Å². The Hall–Kier alpha value is -0.800. The molecule has 1 aromatic carbocycles. The smallest absolute Gasteiger partial charge is 0.148 e. The van der Waals surface area contributed by atoms with Gasteiger partial charge in [-0.15, -0.1) is 0 Å². The molecule has 0 heterocycles. The van der Waals surface area contributed by atoms with Crippen molar-refractivity contribution in [3.05, 3.63) is 28.5 Å². The van der Waals surface area contributed by atoms with Crippen molar-refractivity contribution in [2.45, 2.75) is 24.8 Å². The summed E-state index contributed by atoms with van der Waals surface area (Å²) in [5.41, 5.74) is 6.09. The first-order valence-electron chi connectivity index (χ1n) is 4.47. The molecule has 0 radical (unpaired) electrons. The topological polar surface area (TPSA) is 46.2 Å². The van der Waals surface area contributed by atoms with Crippen LogP contribution in [-0.4, -0.2) is 10.6 Å². The lowest BCUT2D eigenvalue weighted by Crippen LogP contribution is -2.25. The summed E-state index contributed by atoms with van der Waals surface area (Å²) in [4.78, 5) is 0. The Kier molecular flexibility index (Phi) is 2.16. The van der Waals surface area contributed by atoms with E-state index in [1.807, 2.05) is 0 Å². The number of aromatic hydroxyl groups is 1. The average Bonchev–Trinajstić information content (AvgIpc) is 2.86. The highest BCUT2D eigenvalue weighted by Crippen LogP contribution is 2.38. The van der Waals surface area contributed by atoms with E-state index in [0.717, 1.165) is 12.8 Å². The molecule has 0 unspecified atom stereocenters. The Labute approximate surface area is 86.5 Å². The molecule has 0 spiro atoms. The third kappa shape index (κ3) is 1.70. The van der Waals surface area contributed by atoms with E-state index in [9.17, 15) is 4.39 Å². The number of benzene rings is 1. The largest absolute Gasteiger partial charge is 0.506 e. The van der Waals surface area contributed by atoms with Crippen LogP contribution in [0.5, 0.6) is 5.75 Å². The first kappa shape index (κ1) is 9.74. The second-order valence-corrected chi connectivity index (χ2v) is 4.29. The SMILES string of the molecule is NC1(Cc2ccc(O)c(Cl)c2F)CC1. The molecule has 0 aliphatic heterocycles. The zero-order valence-corrected chi connectivity index (χ0v) is 8.31. The van der Waals surface area contributed by atoms with Crippen molar-refractivity contribution in [1.29, 1.82) is 0 Å². The lowest BCUT2D eigenvalue weighted by molar-refractivity contribution is 0.467. The quantitative estimate of drug-likeness (QED) is 0.795. The molecular formula is C10H11ClFNO. The molecule has 1 aromatic rings. The number of hydrogen-bond donors (Lipinski definition) is 2. The zero-order valence-electron chi connectivity index (χ0n) is 7.56. The molecule has 3 N–H and O–H groups in total. The van der Waals surface area contributed by atoms with Gasteiger partial charge in [0.05, 0.1) is 0 Å². The third-order valence-corrected chi connectivity index (χ3v) is 2.94. The molecule has 2 nitrogen and oxygen atoms in total. The maximum absolute atomic E-state index is 13.5. The number of hydrogen-bond acceptors (Lipinski definition) is 2. The molecule has 1 aliphatic rings. The van der Waals surface area contributed by atoms with Crippen molar-refractivity contribution in [3.8, 4) is 5.75 Å². The molecule has 2 rings (SSSR count). The Balaban J connectivity index is 2.30. The molecule has 1 aliphatic carbocycles. The van der Waals surface area contributed by atoms with Crippen LogP contribution in [0.25, 0.3) is 0 Å². The van der Waals surface area contributed by atoms with Crippen molar-refractivity contribution < 1.29 is 9.50 Å². The normalized spacial score (nSPS) is 18.2. The van der Waals surface area contributed by atoms with Crippen molar-refractivity contribution >= 4 is 11.6 Å². The second-order valence-electron chi connectivity index (χ2n) is 3.91. The Morgan fingerprint density at radius 2 is 2.14 bits per heavy atom. The summed E-state index contributed by atoms with van der Waals surface area (Å²) >= 11 is 5.57. The number of phenolic OH excluding ortho intramolecular Hbond substituents is 1.